The molecule has 0 aromatic heterocycles. The molecule has 0 bridgehead atoms. The molecular formula is C13H9Br2NO4. The average molecular weight is 403 g/mol. The van der Waals surface area contributed by atoms with Crippen LogP contribution in [0.4, 0.5) is 5.69 Å². The molecule has 0 unspecified atom stereocenters. The van der Waals surface area contributed by atoms with Crippen LogP contribution >= 0.6 is 31.9 Å². The van der Waals surface area contributed by atoms with Gasteiger partial charge in [-0.2, -0.15) is 0 Å². The van der Waals surface area contributed by atoms with Gasteiger partial charge in [-0.05, 0) is 34.1 Å². The zero-order valence-electron chi connectivity index (χ0n) is 10.0. The van der Waals surface area contributed by atoms with Crippen molar-refractivity contribution in [3.05, 3.63) is 61.0 Å². The predicted octanol–water partition coefficient (Wildman–Crippen LogP) is 4.40. The summed E-state index contributed by atoms with van der Waals surface area (Å²) in [5.41, 5.74) is 0.523. The highest BCUT2D eigenvalue weighted by atomic mass is 79.9. The smallest absolute Gasteiger partial charge is 0.273 e. The van der Waals surface area contributed by atoms with Gasteiger partial charge in [0, 0.05) is 16.1 Å². The zero-order valence-corrected chi connectivity index (χ0v) is 13.2. The van der Waals surface area contributed by atoms with Gasteiger partial charge in [-0.1, -0.05) is 22.0 Å². The van der Waals surface area contributed by atoms with Gasteiger partial charge in [0.25, 0.3) is 5.69 Å². The van der Waals surface area contributed by atoms with Crippen LogP contribution in [0.1, 0.15) is 5.56 Å². The standard InChI is InChI=1S/C13H9Br2NO4/c14-9-2-1-8(7-17)12(5-9)20-13-6-10(16(18)19)3-4-11(13)15/h1-6,17H,7H2. The van der Waals surface area contributed by atoms with Crippen LogP contribution in [0.3, 0.4) is 0 Å². The van der Waals surface area contributed by atoms with Crippen molar-refractivity contribution in [1.82, 2.24) is 0 Å². The fraction of sp³-hybridized carbons (Fsp3) is 0.0769. The van der Waals surface area contributed by atoms with E-state index in [9.17, 15) is 15.2 Å². The number of halogens is 2. The summed E-state index contributed by atoms with van der Waals surface area (Å²) in [6.07, 6.45) is 0. The normalized spacial score (nSPS) is 10.3. The summed E-state index contributed by atoms with van der Waals surface area (Å²) in [5, 5.41) is 20.1. The molecule has 2 aromatic rings. The van der Waals surface area contributed by atoms with Gasteiger partial charge in [-0.25, -0.2) is 0 Å². The number of rotatable bonds is 4. The van der Waals surface area contributed by atoms with Crippen LogP contribution in [-0.2, 0) is 6.61 Å². The lowest BCUT2D eigenvalue weighted by Crippen LogP contribution is -1.94. The number of nitro benzene ring substituents is 1. The maximum atomic E-state index is 10.8. The molecule has 0 aliphatic heterocycles. The Hall–Kier alpha value is -1.44. The molecule has 0 amide bonds. The molecule has 104 valence electrons. The van der Waals surface area contributed by atoms with E-state index in [1.165, 1.54) is 12.1 Å². The SMILES string of the molecule is O=[N+]([O-])c1ccc(Br)c(Oc2cc(Br)ccc2CO)c1. The van der Waals surface area contributed by atoms with E-state index in [4.69, 9.17) is 4.74 Å². The summed E-state index contributed by atoms with van der Waals surface area (Å²) < 4.78 is 7.03. The first-order valence-electron chi connectivity index (χ1n) is 5.52. The van der Waals surface area contributed by atoms with Crippen LogP contribution < -0.4 is 4.74 Å². The summed E-state index contributed by atoms with van der Waals surface area (Å²) in [4.78, 5) is 10.3. The van der Waals surface area contributed by atoms with Gasteiger partial charge in [-0.15, -0.1) is 0 Å². The summed E-state index contributed by atoms with van der Waals surface area (Å²) in [7, 11) is 0. The van der Waals surface area contributed by atoms with Crippen LogP contribution in [-0.4, -0.2) is 10.0 Å². The van der Waals surface area contributed by atoms with Crippen molar-refractivity contribution in [1.29, 1.82) is 0 Å². The number of ether oxygens (including phenoxy) is 1. The fourth-order valence-electron chi connectivity index (χ4n) is 1.56. The first-order chi connectivity index (χ1) is 9.51. The Bertz CT molecular complexity index is 661. The fourth-order valence-corrected chi connectivity index (χ4v) is 2.22. The lowest BCUT2D eigenvalue weighted by atomic mass is 10.2. The van der Waals surface area contributed by atoms with E-state index in [2.05, 4.69) is 31.9 Å². The highest BCUT2D eigenvalue weighted by Crippen LogP contribution is 2.35. The van der Waals surface area contributed by atoms with E-state index < -0.39 is 4.92 Å². The third-order valence-corrected chi connectivity index (χ3v) is 3.69. The minimum Gasteiger partial charge on any atom is -0.455 e. The molecule has 2 aromatic carbocycles. The van der Waals surface area contributed by atoms with Crippen LogP contribution in [0.25, 0.3) is 0 Å². The number of aliphatic hydroxyl groups excluding tert-OH is 1. The third kappa shape index (κ3) is 3.36. The Labute approximate surface area is 131 Å². The number of nitro groups is 1. The second-order valence-corrected chi connectivity index (χ2v) is 5.65. The number of hydrogen-bond donors (Lipinski definition) is 1. The highest BCUT2D eigenvalue weighted by Gasteiger charge is 2.13. The Morgan fingerprint density at radius 3 is 2.55 bits per heavy atom. The second-order valence-electron chi connectivity index (χ2n) is 3.88. The van der Waals surface area contributed by atoms with Gasteiger partial charge in [0.1, 0.15) is 11.5 Å². The van der Waals surface area contributed by atoms with Gasteiger partial charge in [0.15, 0.2) is 0 Å². The van der Waals surface area contributed by atoms with Crippen molar-refractivity contribution >= 4 is 37.5 Å². The molecule has 0 radical (unpaired) electrons. The van der Waals surface area contributed by atoms with Gasteiger partial charge in [-0.3, -0.25) is 10.1 Å². The highest BCUT2D eigenvalue weighted by molar-refractivity contribution is 9.10. The molecule has 7 heteroatoms. The van der Waals surface area contributed by atoms with Crippen molar-refractivity contribution in [2.45, 2.75) is 6.61 Å². The Kier molecular flexibility index (Phi) is 4.74. The first-order valence-corrected chi connectivity index (χ1v) is 7.11. The number of non-ortho nitro benzene ring substituents is 1. The minimum absolute atomic E-state index is 0.0660. The second kappa shape index (κ2) is 6.34. The molecule has 0 aliphatic carbocycles. The maximum Gasteiger partial charge on any atom is 0.273 e. The van der Waals surface area contributed by atoms with Crippen molar-refractivity contribution in [2.24, 2.45) is 0 Å². The van der Waals surface area contributed by atoms with Crippen molar-refractivity contribution in [3.8, 4) is 11.5 Å². The Morgan fingerprint density at radius 2 is 1.90 bits per heavy atom. The van der Waals surface area contributed by atoms with Crippen LogP contribution in [0.5, 0.6) is 11.5 Å². The molecule has 1 N–H and O–H groups in total. The molecule has 2 rings (SSSR count). The molecule has 20 heavy (non-hydrogen) atoms. The van der Waals surface area contributed by atoms with E-state index in [-0.39, 0.29) is 12.3 Å². The average Bonchev–Trinajstić information content (AvgIpc) is 2.41. The molecule has 0 saturated heterocycles. The van der Waals surface area contributed by atoms with Crippen molar-refractivity contribution in [2.75, 3.05) is 0 Å². The minimum atomic E-state index is -0.493. The van der Waals surface area contributed by atoms with Gasteiger partial charge in [0.2, 0.25) is 0 Å². The van der Waals surface area contributed by atoms with Crippen LogP contribution in [0, 0.1) is 10.1 Å². The van der Waals surface area contributed by atoms with Gasteiger partial charge in [0.05, 0.1) is 22.1 Å². The summed E-state index contributed by atoms with van der Waals surface area (Å²) in [6, 6.07) is 9.43. The maximum absolute atomic E-state index is 10.8. The third-order valence-electron chi connectivity index (χ3n) is 2.55. The summed E-state index contributed by atoms with van der Waals surface area (Å²) in [5.74, 6) is 0.745. The molecule has 0 fully saturated rings. The Morgan fingerprint density at radius 1 is 1.15 bits per heavy atom. The first kappa shape index (κ1) is 15.0. The lowest BCUT2D eigenvalue weighted by Gasteiger charge is -2.11. The molecule has 0 aliphatic rings. The van der Waals surface area contributed by atoms with E-state index >= 15 is 0 Å². The van der Waals surface area contributed by atoms with Gasteiger partial charge < -0.3 is 9.84 Å². The zero-order chi connectivity index (χ0) is 14.7. The molecular weight excluding hydrogens is 394 g/mol. The monoisotopic (exact) mass is 401 g/mol. The van der Waals surface area contributed by atoms with Crippen molar-refractivity contribution < 1.29 is 14.8 Å². The van der Waals surface area contributed by atoms with Crippen molar-refractivity contribution in [3.63, 3.8) is 0 Å². The quantitative estimate of drug-likeness (QED) is 0.607. The van der Waals surface area contributed by atoms with Crippen LogP contribution in [0.15, 0.2) is 45.3 Å². The Balaban J connectivity index is 2.41. The number of benzene rings is 2. The number of hydrogen-bond acceptors (Lipinski definition) is 4. The lowest BCUT2D eigenvalue weighted by molar-refractivity contribution is -0.384. The van der Waals surface area contributed by atoms with E-state index in [1.54, 1.807) is 24.3 Å². The largest absolute Gasteiger partial charge is 0.455 e. The van der Waals surface area contributed by atoms with Gasteiger partial charge >= 0.3 is 0 Å². The van der Waals surface area contributed by atoms with Crippen LogP contribution in [0.2, 0.25) is 0 Å². The topological polar surface area (TPSA) is 72.6 Å². The van der Waals surface area contributed by atoms with E-state index in [1.807, 2.05) is 0 Å². The number of aliphatic hydroxyl groups is 1. The summed E-state index contributed by atoms with van der Waals surface area (Å²) >= 11 is 6.59. The molecule has 0 saturated carbocycles. The van der Waals surface area contributed by atoms with E-state index in [0.29, 0.717) is 21.5 Å². The molecule has 0 atom stereocenters. The van der Waals surface area contributed by atoms with E-state index in [0.717, 1.165) is 4.47 Å². The number of nitrogens with zero attached hydrogens (tertiary/aromatic N) is 1. The summed E-state index contributed by atoms with van der Waals surface area (Å²) in [6.45, 7) is -0.185. The molecule has 0 spiro atoms. The predicted molar refractivity (Wildman–Crippen MR) is 80.9 cm³/mol. The molecule has 5 nitrogen and oxygen atoms in total. The molecule has 0 heterocycles.